The van der Waals surface area contributed by atoms with Gasteiger partial charge in [-0.05, 0) is 31.0 Å². The number of nitrogens with zero attached hydrogens (tertiary/aromatic N) is 2. The fourth-order valence-electron chi connectivity index (χ4n) is 3.06. The van der Waals surface area contributed by atoms with E-state index in [0.717, 1.165) is 25.9 Å². The van der Waals surface area contributed by atoms with E-state index < -0.39 is 0 Å². The summed E-state index contributed by atoms with van der Waals surface area (Å²) in [5.74, 6) is 0.0316. The molecule has 1 N–H and O–H groups in total. The fraction of sp³-hybridized carbons (Fsp3) is 0.800. The van der Waals surface area contributed by atoms with Crippen LogP contribution in [-0.4, -0.2) is 72.4 Å². The highest BCUT2D eigenvalue weighted by molar-refractivity contribution is 7.80. The first-order valence-electron chi connectivity index (χ1n) is 7.98. The molecule has 2 fully saturated rings. The minimum absolute atomic E-state index is 0.0726. The third kappa shape index (κ3) is 4.25. The number of likely N-dealkylation sites (tertiary alicyclic amines) is 1. The minimum atomic E-state index is -0.346. The summed E-state index contributed by atoms with van der Waals surface area (Å²) in [6, 6.07) is 0.348. The van der Waals surface area contributed by atoms with Crippen LogP contribution in [0, 0.1) is 5.92 Å². The Bertz CT molecular complexity index is 464. The second-order valence-corrected chi connectivity index (χ2v) is 6.64. The fourth-order valence-corrected chi connectivity index (χ4v) is 3.31. The zero-order valence-electron chi connectivity index (χ0n) is 13.9. The molecule has 1 amide bonds. The van der Waals surface area contributed by atoms with E-state index in [1.807, 2.05) is 9.80 Å². The number of amides is 1. The zero-order chi connectivity index (χ0) is 17.0. The number of rotatable bonds is 4. The standard InChI is InChI=1S/C15H25N3O4S/c1-10(2)12-9-22-15(20)18(12)11-4-6-17(7-5-11)14(23)16-8-13(19)21-3/h10-12H,4-9H2,1-3H3,(H,16,23). The number of esters is 1. The molecule has 8 heteroatoms. The van der Waals surface area contributed by atoms with Crippen LogP contribution in [0.15, 0.2) is 0 Å². The molecule has 0 aromatic rings. The Labute approximate surface area is 142 Å². The van der Waals surface area contributed by atoms with E-state index in [1.54, 1.807) is 0 Å². The Morgan fingerprint density at radius 1 is 1.43 bits per heavy atom. The van der Waals surface area contributed by atoms with Gasteiger partial charge in [0.05, 0.1) is 13.2 Å². The highest BCUT2D eigenvalue weighted by Gasteiger charge is 2.40. The van der Waals surface area contributed by atoms with Crippen molar-refractivity contribution in [3.05, 3.63) is 0 Å². The molecule has 1 unspecified atom stereocenters. The number of piperidine rings is 1. The van der Waals surface area contributed by atoms with Crippen molar-refractivity contribution in [2.45, 2.75) is 38.8 Å². The van der Waals surface area contributed by atoms with E-state index in [4.69, 9.17) is 17.0 Å². The van der Waals surface area contributed by atoms with E-state index in [1.165, 1.54) is 7.11 Å². The Hall–Kier alpha value is -1.57. The van der Waals surface area contributed by atoms with Crippen LogP contribution >= 0.6 is 12.2 Å². The summed E-state index contributed by atoms with van der Waals surface area (Å²) < 4.78 is 9.81. The Balaban J connectivity index is 1.84. The molecule has 7 nitrogen and oxygen atoms in total. The van der Waals surface area contributed by atoms with Gasteiger partial charge >= 0.3 is 12.1 Å². The first kappa shape index (κ1) is 17.8. The number of ether oxygens (including phenoxy) is 2. The molecule has 0 saturated carbocycles. The van der Waals surface area contributed by atoms with Gasteiger partial charge in [-0.1, -0.05) is 13.8 Å². The number of methoxy groups -OCH3 is 1. The molecule has 23 heavy (non-hydrogen) atoms. The summed E-state index contributed by atoms with van der Waals surface area (Å²) in [5.41, 5.74) is 0. The number of thiocarbonyl (C=S) groups is 1. The molecule has 2 saturated heterocycles. The number of hydrogen-bond donors (Lipinski definition) is 1. The van der Waals surface area contributed by atoms with Crippen LogP contribution in [0.2, 0.25) is 0 Å². The molecule has 0 aromatic carbocycles. The topological polar surface area (TPSA) is 71.1 Å². The van der Waals surface area contributed by atoms with Crippen molar-refractivity contribution in [1.29, 1.82) is 0 Å². The first-order chi connectivity index (χ1) is 10.9. The number of carbonyl (C=O) groups excluding carboxylic acids is 2. The van der Waals surface area contributed by atoms with E-state index in [0.29, 0.717) is 17.6 Å². The summed E-state index contributed by atoms with van der Waals surface area (Å²) in [5, 5.41) is 3.45. The quantitative estimate of drug-likeness (QED) is 0.602. The first-order valence-corrected chi connectivity index (χ1v) is 8.39. The minimum Gasteiger partial charge on any atom is -0.468 e. The third-order valence-corrected chi connectivity index (χ3v) is 4.87. The number of nitrogens with one attached hydrogen (secondary N) is 1. The van der Waals surface area contributed by atoms with Gasteiger partial charge in [-0.25, -0.2) is 4.79 Å². The molecule has 0 radical (unpaired) electrons. The molecule has 0 aromatic heterocycles. The Morgan fingerprint density at radius 2 is 2.09 bits per heavy atom. The van der Waals surface area contributed by atoms with Gasteiger partial charge in [-0.2, -0.15) is 0 Å². The lowest BCUT2D eigenvalue weighted by atomic mass is 9.98. The maximum Gasteiger partial charge on any atom is 0.410 e. The molecule has 2 heterocycles. The lowest BCUT2D eigenvalue weighted by molar-refractivity contribution is -0.139. The van der Waals surface area contributed by atoms with Gasteiger partial charge in [0.1, 0.15) is 13.2 Å². The molecular weight excluding hydrogens is 318 g/mol. The Kier molecular flexibility index (Phi) is 6.04. The molecule has 0 aliphatic carbocycles. The summed E-state index contributed by atoms with van der Waals surface area (Å²) in [7, 11) is 1.35. The van der Waals surface area contributed by atoms with Crippen molar-refractivity contribution in [2.24, 2.45) is 5.92 Å². The van der Waals surface area contributed by atoms with Crippen LogP contribution in [0.4, 0.5) is 4.79 Å². The van der Waals surface area contributed by atoms with Gasteiger partial charge in [0.15, 0.2) is 5.11 Å². The second kappa shape index (κ2) is 7.81. The predicted molar refractivity (Wildman–Crippen MR) is 89.0 cm³/mol. The van der Waals surface area contributed by atoms with E-state index in [9.17, 15) is 9.59 Å². The monoisotopic (exact) mass is 343 g/mol. The van der Waals surface area contributed by atoms with E-state index >= 15 is 0 Å². The SMILES string of the molecule is COC(=O)CNC(=S)N1CCC(N2C(=O)OCC2C(C)C)CC1. The Morgan fingerprint density at radius 3 is 2.65 bits per heavy atom. The van der Waals surface area contributed by atoms with Crippen LogP contribution in [0.1, 0.15) is 26.7 Å². The molecule has 2 aliphatic rings. The van der Waals surface area contributed by atoms with Crippen molar-refractivity contribution >= 4 is 29.4 Å². The normalized spacial score (nSPS) is 22.3. The van der Waals surface area contributed by atoms with Crippen LogP contribution in [0.3, 0.4) is 0 Å². The van der Waals surface area contributed by atoms with Crippen molar-refractivity contribution in [1.82, 2.24) is 15.1 Å². The van der Waals surface area contributed by atoms with Crippen LogP contribution < -0.4 is 5.32 Å². The maximum atomic E-state index is 12.0. The maximum absolute atomic E-state index is 12.0. The second-order valence-electron chi connectivity index (χ2n) is 6.25. The van der Waals surface area contributed by atoms with Gasteiger partial charge in [0.2, 0.25) is 0 Å². The largest absolute Gasteiger partial charge is 0.468 e. The molecular formula is C15H25N3O4S. The average Bonchev–Trinajstić information content (AvgIpc) is 2.94. The van der Waals surface area contributed by atoms with E-state index in [-0.39, 0.29) is 30.7 Å². The van der Waals surface area contributed by atoms with Gasteiger partial charge in [-0.15, -0.1) is 0 Å². The molecule has 0 spiro atoms. The van der Waals surface area contributed by atoms with Gasteiger partial charge in [0.25, 0.3) is 0 Å². The number of cyclic esters (lactones) is 1. The average molecular weight is 343 g/mol. The van der Waals surface area contributed by atoms with Gasteiger partial charge in [-0.3, -0.25) is 9.69 Å². The summed E-state index contributed by atoms with van der Waals surface area (Å²) in [6.07, 6.45) is 1.49. The molecule has 1 atom stereocenters. The molecule has 2 aliphatic heterocycles. The predicted octanol–water partition coefficient (Wildman–Crippen LogP) is 0.975. The van der Waals surface area contributed by atoms with Crippen LogP contribution in [0.5, 0.6) is 0 Å². The highest BCUT2D eigenvalue weighted by Crippen LogP contribution is 2.27. The number of carbonyl (C=O) groups is 2. The summed E-state index contributed by atoms with van der Waals surface area (Å²) in [6.45, 7) is 6.29. The van der Waals surface area contributed by atoms with Crippen LogP contribution in [-0.2, 0) is 14.3 Å². The van der Waals surface area contributed by atoms with Crippen molar-refractivity contribution < 1.29 is 19.1 Å². The molecule has 130 valence electrons. The summed E-state index contributed by atoms with van der Waals surface area (Å²) in [4.78, 5) is 27.1. The van der Waals surface area contributed by atoms with E-state index in [2.05, 4.69) is 23.9 Å². The van der Waals surface area contributed by atoms with Crippen molar-refractivity contribution in [3.8, 4) is 0 Å². The van der Waals surface area contributed by atoms with Gasteiger partial charge < -0.3 is 19.7 Å². The lowest BCUT2D eigenvalue weighted by Crippen LogP contribution is -2.52. The smallest absolute Gasteiger partial charge is 0.410 e. The molecule has 0 bridgehead atoms. The lowest BCUT2D eigenvalue weighted by Gasteiger charge is -2.39. The third-order valence-electron chi connectivity index (χ3n) is 4.47. The highest BCUT2D eigenvalue weighted by atomic mass is 32.1. The van der Waals surface area contributed by atoms with Gasteiger partial charge in [0, 0.05) is 19.1 Å². The summed E-state index contributed by atoms with van der Waals surface area (Å²) >= 11 is 5.30. The zero-order valence-corrected chi connectivity index (χ0v) is 14.7. The molecule has 2 rings (SSSR count). The number of hydrogen-bond acceptors (Lipinski definition) is 5. The van der Waals surface area contributed by atoms with Crippen molar-refractivity contribution in [3.63, 3.8) is 0 Å². The van der Waals surface area contributed by atoms with Crippen LogP contribution in [0.25, 0.3) is 0 Å². The van der Waals surface area contributed by atoms with Crippen molar-refractivity contribution in [2.75, 3.05) is 33.4 Å².